The van der Waals surface area contributed by atoms with E-state index in [0.717, 1.165) is 6.54 Å². The number of nitrogens with zero attached hydrogens (tertiary/aromatic N) is 1. The van der Waals surface area contributed by atoms with Gasteiger partial charge in [-0.3, -0.25) is 4.90 Å². The van der Waals surface area contributed by atoms with Gasteiger partial charge in [-0.2, -0.15) is 0 Å². The smallest absolute Gasteiger partial charge is 0.336 e. The third-order valence-corrected chi connectivity index (χ3v) is 9.04. The van der Waals surface area contributed by atoms with Crippen LogP contribution in [0.4, 0.5) is 0 Å². The lowest BCUT2D eigenvalue weighted by molar-refractivity contribution is -0.140. The molecule has 1 N–H and O–H groups in total. The quantitative estimate of drug-likeness (QED) is 0.563. The summed E-state index contributed by atoms with van der Waals surface area (Å²) in [5.41, 5.74) is 2.65. The van der Waals surface area contributed by atoms with E-state index in [2.05, 4.69) is 10.2 Å². The minimum Gasteiger partial charge on any atom is -0.461 e. The monoisotopic (exact) mass is 518 g/mol. The zero-order valence-corrected chi connectivity index (χ0v) is 21.5. The van der Waals surface area contributed by atoms with Gasteiger partial charge in [0.15, 0.2) is 9.84 Å². The van der Waals surface area contributed by atoms with Crippen LogP contribution in [0.15, 0.2) is 65.9 Å². The van der Waals surface area contributed by atoms with E-state index in [1.807, 2.05) is 37.4 Å². The average molecular weight is 519 g/mol. The molecule has 2 aliphatic rings. The summed E-state index contributed by atoms with van der Waals surface area (Å²) in [5.74, 6) is -1.40. The molecule has 0 aromatic heterocycles. The molecule has 2 aromatic carbocycles. The van der Waals surface area contributed by atoms with Gasteiger partial charge in [-0.05, 0) is 31.2 Å². The third kappa shape index (κ3) is 5.89. The number of allylic oxidation sites excluding steroid dienone is 1. The van der Waals surface area contributed by atoms with E-state index in [1.165, 1.54) is 5.56 Å². The molecule has 2 aliphatic heterocycles. The van der Waals surface area contributed by atoms with Gasteiger partial charge in [0.1, 0.15) is 6.61 Å². The van der Waals surface area contributed by atoms with E-state index >= 15 is 0 Å². The molecule has 0 aliphatic carbocycles. The molecule has 3 atom stereocenters. The van der Waals surface area contributed by atoms with E-state index in [4.69, 9.17) is 21.1 Å². The third-order valence-electron chi connectivity index (χ3n) is 6.53. The molecule has 1 fully saturated rings. The first-order valence-corrected chi connectivity index (χ1v) is 13.8. The van der Waals surface area contributed by atoms with Gasteiger partial charge in [-0.15, -0.1) is 0 Å². The average Bonchev–Trinajstić information content (AvgIpc) is 2.96. The second-order valence-corrected chi connectivity index (χ2v) is 11.7. The number of carbonyl (C=O) groups is 1. The Morgan fingerprint density at radius 3 is 2.63 bits per heavy atom. The Hall–Kier alpha value is -2.39. The molecule has 0 radical (unpaired) electrons. The van der Waals surface area contributed by atoms with E-state index in [1.54, 1.807) is 31.2 Å². The molecular formula is C26H31ClN2O5S. The van der Waals surface area contributed by atoms with Crippen LogP contribution in [0.1, 0.15) is 24.0 Å². The predicted molar refractivity (Wildman–Crippen MR) is 136 cm³/mol. The molecule has 2 heterocycles. The summed E-state index contributed by atoms with van der Waals surface area (Å²) in [6.07, 6.45) is 0. The summed E-state index contributed by atoms with van der Waals surface area (Å²) in [6.45, 7) is 3.57. The number of hydrogen-bond donors (Lipinski definition) is 1. The van der Waals surface area contributed by atoms with Crippen LogP contribution < -0.4 is 5.32 Å². The summed E-state index contributed by atoms with van der Waals surface area (Å²) in [4.78, 5) is 15.5. The van der Waals surface area contributed by atoms with Crippen LogP contribution in [-0.2, 0) is 30.7 Å². The summed E-state index contributed by atoms with van der Waals surface area (Å²) in [7, 11) is -1.63. The van der Waals surface area contributed by atoms with Crippen molar-refractivity contribution in [1.82, 2.24) is 10.2 Å². The number of fused-ring (bicyclic) bond motifs is 1. The van der Waals surface area contributed by atoms with Gasteiger partial charge in [0.25, 0.3) is 0 Å². The highest BCUT2D eigenvalue weighted by molar-refractivity contribution is 7.92. The molecule has 0 amide bonds. The Kier molecular flexibility index (Phi) is 8.16. The fraction of sp³-hybridized carbons (Fsp3) is 0.423. The Morgan fingerprint density at radius 1 is 1.17 bits per heavy atom. The molecule has 0 saturated carbocycles. The van der Waals surface area contributed by atoms with Crippen molar-refractivity contribution >= 4 is 27.4 Å². The Morgan fingerprint density at radius 2 is 1.89 bits per heavy atom. The van der Waals surface area contributed by atoms with Gasteiger partial charge in [-0.1, -0.05) is 60.1 Å². The van der Waals surface area contributed by atoms with Gasteiger partial charge < -0.3 is 14.8 Å². The topological polar surface area (TPSA) is 84.9 Å². The van der Waals surface area contributed by atoms with E-state index in [0.29, 0.717) is 28.4 Å². The first-order chi connectivity index (χ1) is 16.8. The molecule has 35 heavy (non-hydrogen) atoms. The van der Waals surface area contributed by atoms with Gasteiger partial charge in [0.2, 0.25) is 0 Å². The normalized spacial score (nSPS) is 23.8. The second-order valence-electron chi connectivity index (χ2n) is 9.05. The van der Waals surface area contributed by atoms with Crippen molar-refractivity contribution in [3.05, 3.63) is 82.0 Å². The zero-order valence-electron chi connectivity index (χ0n) is 19.9. The van der Waals surface area contributed by atoms with Crippen molar-refractivity contribution in [2.24, 2.45) is 0 Å². The fourth-order valence-electron chi connectivity index (χ4n) is 4.87. The largest absolute Gasteiger partial charge is 0.461 e. The lowest BCUT2D eigenvalue weighted by atomic mass is 9.81. The van der Waals surface area contributed by atoms with E-state index < -0.39 is 33.0 Å². The van der Waals surface area contributed by atoms with Crippen LogP contribution in [0.3, 0.4) is 0 Å². The minimum absolute atomic E-state index is 0.109. The maximum Gasteiger partial charge on any atom is 0.336 e. The number of rotatable bonds is 7. The van der Waals surface area contributed by atoms with Crippen LogP contribution in [0, 0.1) is 0 Å². The zero-order chi connectivity index (χ0) is 25.0. The summed E-state index contributed by atoms with van der Waals surface area (Å²) < 4.78 is 37.9. The second kappa shape index (κ2) is 11.1. The van der Waals surface area contributed by atoms with Crippen LogP contribution in [0.2, 0.25) is 5.02 Å². The summed E-state index contributed by atoms with van der Waals surface area (Å²) in [5, 5.41) is 2.74. The highest BCUT2D eigenvalue weighted by Gasteiger charge is 2.49. The van der Waals surface area contributed by atoms with E-state index in [-0.39, 0.29) is 25.6 Å². The van der Waals surface area contributed by atoms with Crippen molar-refractivity contribution in [2.45, 2.75) is 30.7 Å². The summed E-state index contributed by atoms with van der Waals surface area (Å²) >= 11 is 6.54. The molecule has 0 spiro atoms. The first kappa shape index (κ1) is 25.7. The van der Waals surface area contributed by atoms with Crippen molar-refractivity contribution in [3.8, 4) is 0 Å². The maximum atomic E-state index is 13.4. The molecule has 1 saturated heterocycles. The Balaban J connectivity index is 1.57. The Labute approximate surface area is 212 Å². The van der Waals surface area contributed by atoms with Gasteiger partial charge >= 0.3 is 5.97 Å². The highest BCUT2D eigenvalue weighted by atomic mass is 35.5. The molecule has 3 unspecified atom stereocenters. The van der Waals surface area contributed by atoms with Crippen LogP contribution in [0.5, 0.6) is 0 Å². The number of carbonyl (C=O) groups excluding carboxylic acids is 1. The maximum absolute atomic E-state index is 13.4. The number of halogens is 1. The van der Waals surface area contributed by atoms with Gasteiger partial charge in [0, 0.05) is 29.7 Å². The minimum atomic E-state index is -3.59. The lowest BCUT2D eigenvalue weighted by Crippen LogP contribution is -2.53. The molecule has 188 valence electrons. The number of benzene rings is 2. The van der Waals surface area contributed by atoms with Gasteiger partial charge in [-0.25, -0.2) is 13.2 Å². The lowest BCUT2D eigenvalue weighted by Gasteiger charge is -2.39. The standard InChI is InChI=1S/C26H31ClN2O5S/c1-18-23(26(30)34-13-12-29(2)16-19-8-4-3-5-9-19)24(20-10-6-7-11-21(20)27)25-22(28-18)17-33-14-15-35(25,31)32/h3-11,22,24-25,28H,12-17H2,1-2H3. The predicted octanol–water partition coefficient (Wildman–Crippen LogP) is 3.16. The molecule has 7 nitrogen and oxygen atoms in total. The number of hydrogen-bond acceptors (Lipinski definition) is 7. The summed E-state index contributed by atoms with van der Waals surface area (Å²) in [6, 6.07) is 16.6. The highest BCUT2D eigenvalue weighted by Crippen LogP contribution is 2.42. The number of sulfone groups is 1. The molecular weight excluding hydrogens is 488 g/mol. The van der Waals surface area contributed by atoms with Crippen LogP contribution in [-0.4, -0.2) is 69.7 Å². The molecule has 9 heteroatoms. The van der Waals surface area contributed by atoms with Crippen molar-refractivity contribution < 1.29 is 22.7 Å². The molecule has 0 bridgehead atoms. The van der Waals surface area contributed by atoms with Crippen molar-refractivity contribution in [3.63, 3.8) is 0 Å². The number of esters is 1. The van der Waals surface area contributed by atoms with Crippen molar-refractivity contribution in [1.29, 1.82) is 0 Å². The molecule has 2 aromatic rings. The SMILES string of the molecule is CC1=C(C(=O)OCCN(C)Cc2ccccc2)C(c2ccccc2Cl)C2C(COCCS2(=O)=O)N1. The fourth-order valence-corrected chi connectivity index (χ4v) is 7.09. The Bertz CT molecular complexity index is 1190. The number of likely N-dealkylation sites (N-methyl/N-ethyl adjacent to an activating group) is 1. The van der Waals surface area contributed by atoms with Crippen LogP contribution >= 0.6 is 11.6 Å². The van der Waals surface area contributed by atoms with Crippen molar-refractivity contribution in [2.75, 3.05) is 39.2 Å². The molecule has 4 rings (SSSR count). The number of ether oxygens (including phenoxy) is 2. The number of nitrogens with one attached hydrogen (secondary N) is 1. The first-order valence-electron chi connectivity index (χ1n) is 11.7. The van der Waals surface area contributed by atoms with E-state index in [9.17, 15) is 13.2 Å². The van der Waals surface area contributed by atoms with Crippen LogP contribution in [0.25, 0.3) is 0 Å². The van der Waals surface area contributed by atoms with Gasteiger partial charge in [0.05, 0.1) is 35.8 Å².